The number of rotatable bonds is 9. The molecule has 0 bridgehead atoms. The molecule has 0 aliphatic heterocycles. The lowest BCUT2D eigenvalue weighted by molar-refractivity contribution is 0.390. The van der Waals surface area contributed by atoms with Gasteiger partial charge in [0.25, 0.3) is 0 Å². The first-order valence-corrected chi connectivity index (χ1v) is 13.7. The molecule has 176 valence electrons. The maximum absolute atomic E-state index is 13.7. The van der Waals surface area contributed by atoms with Gasteiger partial charge in [-0.1, -0.05) is 67.4 Å². The number of nitrogens with one attached hydrogen (secondary N) is 1. The number of hydrogen-bond donors (Lipinski definition) is 1. The Morgan fingerprint density at radius 2 is 1.85 bits per heavy atom. The molecule has 1 saturated carbocycles. The minimum atomic E-state index is -3.97. The predicted octanol–water partition coefficient (Wildman–Crippen LogP) is 4.89. The molecule has 1 atom stereocenters. The molecule has 9 heteroatoms. The third-order valence-electron chi connectivity index (χ3n) is 6.04. The number of nitrogens with zero attached hydrogens (tertiary/aromatic N) is 3. The minimum Gasteiger partial charge on any atom is -0.308 e. The molecule has 1 aromatic heterocycles. The third-order valence-corrected chi connectivity index (χ3v) is 8.76. The van der Waals surface area contributed by atoms with Gasteiger partial charge < -0.3 is 4.57 Å². The van der Waals surface area contributed by atoms with Crippen LogP contribution in [0.15, 0.2) is 64.6 Å². The molecule has 1 fully saturated rings. The smallest absolute Gasteiger partial charge is 0.241 e. The third kappa shape index (κ3) is 6.22. The lowest BCUT2D eigenvalue weighted by Crippen LogP contribution is -2.32. The van der Waals surface area contributed by atoms with Gasteiger partial charge in [0.05, 0.1) is 10.9 Å². The van der Waals surface area contributed by atoms with Gasteiger partial charge >= 0.3 is 0 Å². The quantitative estimate of drug-likeness (QED) is 0.434. The summed E-state index contributed by atoms with van der Waals surface area (Å²) in [5.74, 6) is 1.61. The van der Waals surface area contributed by atoms with Crippen LogP contribution in [-0.4, -0.2) is 28.9 Å². The van der Waals surface area contributed by atoms with Crippen molar-refractivity contribution in [3.8, 4) is 0 Å². The molecule has 1 aliphatic carbocycles. The fraction of sp³-hybridized carbons (Fsp3) is 0.417. The molecule has 2 aromatic carbocycles. The van der Waals surface area contributed by atoms with E-state index in [0.717, 1.165) is 22.5 Å². The topological polar surface area (TPSA) is 76.9 Å². The zero-order chi connectivity index (χ0) is 23.3. The van der Waals surface area contributed by atoms with E-state index < -0.39 is 21.9 Å². The van der Waals surface area contributed by atoms with E-state index in [-0.39, 0.29) is 4.90 Å². The maximum Gasteiger partial charge on any atom is 0.241 e. The molecule has 6 nitrogen and oxygen atoms in total. The molecule has 0 radical (unpaired) electrons. The molecule has 1 N–H and O–H groups in total. The number of aromatic nitrogens is 3. The number of halogens is 1. The van der Waals surface area contributed by atoms with Crippen molar-refractivity contribution >= 4 is 21.8 Å². The first-order chi connectivity index (χ1) is 15.9. The second kappa shape index (κ2) is 10.8. The summed E-state index contributed by atoms with van der Waals surface area (Å²) in [7, 11) is -2.10. The first kappa shape index (κ1) is 23.9. The summed E-state index contributed by atoms with van der Waals surface area (Å²) in [6.07, 6.45) is 6.80. The first-order valence-electron chi connectivity index (χ1n) is 11.3. The van der Waals surface area contributed by atoms with Crippen molar-refractivity contribution in [3.63, 3.8) is 0 Å². The Balaban J connectivity index is 1.57. The van der Waals surface area contributed by atoms with Crippen molar-refractivity contribution in [2.45, 2.75) is 54.6 Å². The number of hydrogen-bond acceptors (Lipinski definition) is 5. The van der Waals surface area contributed by atoms with Crippen LogP contribution in [-0.2, 0) is 23.5 Å². The Morgan fingerprint density at radius 1 is 1.09 bits per heavy atom. The highest BCUT2D eigenvalue weighted by Gasteiger charge is 2.27. The lowest BCUT2D eigenvalue weighted by atomic mass is 9.91. The van der Waals surface area contributed by atoms with E-state index in [1.807, 2.05) is 41.9 Å². The van der Waals surface area contributed by atoms with Crippen LogP contribution in [0, 0.1) is 11.7 Å². The molecule has 1 heterocycles. The van der Waals surface area contributed by atoms with Gasteiger partial charge in [-0.15, -0.1) is 10.2 Å². The SMILES string of the molecule is Cn1c(SCC2CCCCC2)nnc1[C@@H](Cc1ccccc1)NS(=O)(=O)c1cccc(F)c1. The molecule has 33 heavy (non-hydrogen) atoms. The molecular formula is C24H29FN4O2S2. The van der Waals surface area contributed by atoms with Crippen LogP contribution in [0.4, 0.5) is 4.39 Å². The van der Waals surface area contributed by atoms with Crippen LogP contribution in [0.5, 0.6) is 0 Å². The van der Waals surface area contributed by atoms with E-state index in [1.165, 1.54) is 50.3 Å². The Morgan fingerprint density at radius 3 is 2.58 bits per heavy atom. The average molecular weight is 489 g/mol. The van der Waals surface area contributed by atoms with Gasteiger partial charge in [-0.05, 0) is 48.9 Å². The van der Waals surface area contributed by atoms with Gasteiger partial charge in [0, 0.05) is 12.8 Å². The highest BCUT2D eigenvalue weighted by atomic mass is 32.2. The molecule has 3 aromatic rings. The molecule has 0 amide bonds. The summed E-state index contributed by atoms with van der Waals surface area (Å²) in [4.78, 5) is -0.116. The minimum absolute atomic E-state index is 0.116. The largest absolute Gasteiger partial charge is 0.308 e. The second-order valence-electron chi connectivity index (χ2n) is 8.54. The van der Waals surface area contributed by atoms with Crippen molar-refractivity contribution in [1.29, 1.82) is 0 Å². The second-order valence-corrected chi connectivity index (χ2v) is 11.2. The van der Waals surface area contributed by atoms with Crippen LogP contribution in [0.1, 0.15) is 49.5 Å². The number of thioether (sulfide) groups is 1. The Labute approximate surface area is 199 Å². The molecular weight excluding hydrogens is 459 g/mol. The summed E-state index contributed by atoms with van der Waals surface area (Å²) in [6, 6.07) is 14.0. The van der Waals surface area contributed by atoms with Gasteiger partial charge in [-0.3, -0.25) is 0 Å². The standard InChI is InChI=1S/C24H29FN4O2S2/c1-29-23(26-27-24(29)32-17-19-11-6-3-7-12-19)22(15-18-9-4-2-5-10-18)28-33(30,31)21-14-8-13-20(25)16-21/h2,4-5,8-10,13-14,16,19,22,28H,3,6-7,11-12,15,17H2,1H3/t22-/m1/s1. The summed E-state index contributed by atoms with van der Waals surface area (Å²) in [6.45, 7) is 0. The van der Waals surface area contributed by atoms with Crippen molar-refractivity contribution in [2.24, 2.45) is 13.0 Å². The van der Waals surface area contributed by atoms with Crippen LogP contribution < -0.4 is 4.72 Å². The van der Waals surface area contributed by atoms with E-state index in [1.54, 1.807) is 11.8 Å². The van der Waals surface area contributed by atoms with E-state index >= 15 is 0 Å². The summed E-state index contributed by atoms with van der Waals surface area (Å²) >= 11 is 1.68. The van der Waals surface area contributed by atoms with Gasteiger partial charge in [0.1, 0.15) is 5.82 Å². The van der Waals surface area contributed by atoms with Crippen LogP contribution in [0.2, 0.25) is 0 Å². The van der Waals surface area contributed by atoms with Crippen LogP contribution >= 0.6 is 11.8 Å². The average Bonchev–Trinajstić information content (AvgIpc) is 3.19. The molecule has 0 unspecified atom stereocenters. The van der Waals surface area contributed by atoms with Gasteiger partial charge in [-0.25, -0.2) is 17.5 Å². The zero-order valence-corrected chi connectivity index (χ0v) is 20.3. The maximum atomic E-state index is 13.7. The number of benzene rings is 2. The Hall–Kier alpha value is -2.23. The summed E-state index contributed by atoms with van der Waals surface area (Å²) in [5, 5.41) is 9.50. The fourth-order valence-corrected chi connectivity index (χ4v) is 6.56. The molecule has 1 aliphatic rings. The highest BCUT2D eigenvalue weighted by Crippen LogP contribution is 2.30. The van der Waals surface area contributed by atoms with E-state index in [4.69, 9.17) is 0 Å². The monoisotopic (exact) mass is 488 g/mol. The predicted molar refractivity (Wildman–Crippen MR) is 128 cm³/mol. The van der Waals surface area contributed by atoms with Crippen molar-refractivity contribution in [2.75, 3.05) is 5.75 Å². The van der Waals surface area contributed by atoms with Crippen molar-refractivity contribution < 1.29 is 12.8 Å². The molecule has 4 rings (SSSR count). The van der Waals surface area contributed by atoms with Gasteiger partial charge in [0.2, 0.25) is 10.0 Å². The highest BCUT2D eigenvalue weighted by molar-refractivity contribution is 7.99. The summed E-state index contributed by atoms with van der Waals surface area (Å²) in [5.41, 5.74) is 0.962. The Kier molecular flexibility index (Phi) is 7.82. The van der Waals surface area contributed by atoms with E-state index in [9.17, 15) is 12.8 Å². The summed E-state index contributed by atoms with van der Waals surface area (Å²) < 4.78 is 44.4. The van der Waals surface area contributed by atoms with E-state index in [2.05, 4.69) is 14.9 Å². The number of sulfonamides is 1. The Bertz CT molecular complexity index is 1160. The van der Waals surface area contributed by atoms with Gasteiger partial charge in [0.15, 0.2) is 11.0 Å². The molecule has 0 spiro atoms. The molecule has 0 saturated heterocycles. The van der Waals surface area contributed by atoms with Crippen molar-refractivity contribution in [1.82, 2.24) is 19.5 Å². The van der Waals surface area contributed by atoms with Crippen LogP contribution in [0.3, 0.4) is 0 Å². The zero-order valence-electron chi connectivity index (χ0n) is 18.7. The normalized spacial score (nSPS) is 16.1. The fourth-order valence-electron chi connectivity index (χ4n) is 4.23. The van der Waals surface area contributed by atoms with Crippen LogP contribution in [0.25, 0.3) is 0 Å². The van der Waals surface area contributed by atoms with E-state index in [0.29, 0.717) is 18.2 Å². The van der Waals surface area contributed by atoms with Crippen molar-refractivity contribution in [3.05, 3.63) is 71.8 Å². The van der Waals surface area contributed by atoms with Gasteiger partial charge in [-0.2, -0.15) is 0 Å². The lowest BCUT2D eigenvalue weighted by Gasteiger charge is -2.21.